The summed E-state index contributed by atoms with van der Waals surface area (Å²) in [4.78, 5) is 15.2. The second kappa shape index (κ2) is 8.91. The number of carbonyl (C=O) groups is 1. The molecule has 146 valence electrons. The Morgan fingerprint density at radius 2 is 1.96 bits per heavy atom. The van der Waals surface area contributed by atoms with Crippen molar-refractivity contribution >= 4 is 54.9 Å². The summed E-state index contributed by atoms with van der Waals surface area (Å²) in [5.74, 6) is 0. The summed E-state index contributed by atoms with van der Waals surface area (Å²) in [6.07, 6.45) is 0.791. The number of sulfonamides is 1. The van der Waals surface area contributed by atoms with Gasteiger partial charge in [-0.05, 0) is 36.1 Å². The zero-order valence-electron chi connectivity index (χ0n) is 14.4. The number of benzene rings is 1. The van der Waals surface area contributed by atoms with Gasteiger partial charge in [0.1, 0.15) is 4.90 Å². The maximum absolute atomic E-state index is 12.8. The monoisotopic (exact) mass is 491 g/mol. The quantitative estimate of drug-likeness (QED) is 0.695. The van der Waals surface area contributed by atoms with Crippen molar-refractivity contribution in [3.8, 4) is 0 Å². The number of rotatable bonds is 5. The van der Waals surface area contributed by atoms with Crippen LogP contribution in [-0.2, 0) is 16.4 Å². The number of carbonyl (C=O) groups excluding carboxylic acids is 1. The minimum atomic E-state index is -3.68. The smallest absolute Gasteiger partial charge is 0.317 e. The predicted molar refractivity (Wildman–Crippen MR) is 111 cm³/mol. The van der Waals surface area contributed by atoms with Crippen LogP contribution in [0.4, 0.5) is 4.79 Å². The lowest BCUT2D eigenvalue weighted by molar-refractivity contribution is 0.172. The van der Waals surface area contributed by atoms with Crippen LogP contribution in [0.1, 0.15) is 4.88 Å². The third-order valence-electron chi connectivity index (χ3n) is 4.27. The van der Waals surface area contributed by atoms with E-state index in [0.717, 1.165) is 10.9 Å². The Kier molecular flexibility index (Phi) is 6.80. The number of thiophene rings is 1. The summed E-state index contributed by atoms with van der Waals surface area (Å²) >= 11 is 11.0. The molecule has 1 aliphatic heterocycles. The van der Waals surface area contributed by atoms with Crippen LogP contribution in [0.2, 0.25) is 5.02 Å². The number of nitrogens with one attached hydrogen (secondary N) is 1. The van der Waals surface area contributed by atoms with Gasteiger partial charge >= 0.3 is 6.03 Å². The minimum Gasteiger partial charge on any atom is -0.338 e. The van der Waals surface area contributed by atoms with Crippen molar-refractivity contribution in [2.75, 3.05) is 32.7 Å². The Hall–Kier alpha value is -1.13. The second-order valence-electron chi connectivity index (χ2n) is 6.03. The first-order valence-electron chi connectivity index (χ1n) is 8.38. The molecule has 1 fully saturated rings. The molecule has 1 aliphatic rings. The van der Waals surface area contributed by atoms with Gasteiger partial charge in [0.15, 0.2) is 0 Å². The number of hydrogen-bond donors (Lipinski definition) is 1. The zero-order chi connectivity index (χ0) is 19.4. The van der Waals surface area contributed by atoms with E-state index in [9.17, 15) is 13.2 Å². The van der Waals surface area contributed by atoms with Gasteiger partial charge < -0.3 is 10.2 Å². The summed E-state index contributed by atoms with van der Waals surface area (Å²) < 4.78 is 27.7. The highest BCUT2D eigenvalue weighted by molar-refractivity contribution is 9.10. The first-order chi connectivity index (χ1) is 12.9. The number of halogens is 2. The molecule has 10 heteroatoms. The molecular formula is C17H19BrClN3O3S2. The molecule has 0 bridgehead atoms. The Labute approximate surface area is 176 Å². The van der Waals surface area contributed by atoms with Crippen LogP contribution >= 0.6 is 38.9 Å². The number of hydrogen-bond acceptors (Lipinski definition) is 4. The van der Waals surface area contributed by atoms with Crippen LogP contribution in [0, 0.1) is 0 Å². The van der Waals surface area contributed by atoms with E-state index < -0.39 is 10.0 Å². The van der Waals surface area contributed by atoms with Crippen LogP contribution in [0.25, 0.3) is 0 Å². The van der Waals surface area contributed by atoms with Gasteiger partial charge in [-0.15, -0.1) is 11.3 Å². The standard InChI is InChI=1S/C17H19BrClN3O3S2/c18-13-3-4-16(15(19)12-13)27(24,25)22-9-7-21(8-10-22)17(23)20-6-5-14-2-1-11-26-14/h1-4,11-12H,5-10H2,(H,20,23). The van der Waals surface area contributed by atoms with Crippen molar-refractivity contribution in [2.45, 2.75) is 11.3 Å². The van der Waals surface area contributed by atoms with Gasteiger partial charge in [-0.1, -0.05) is 33.6 Å². The van der Waals surface area contributed by atoms with Crippen LogP contribution < -0.4 is 5.32 Å². The Morgan fingerprint density at radius 1 is 1.22 bits per heavy atom. The summed E-state index contributed by atoms with van der Waals surface area (Å²) in [6, 6.07) is 8.56. The molecule has 2 aromatic rings. The zero-order valence-corrected chi connectivity index (χ0v) is 18.4. The lowest BCUT2D eigenvalue weighted by Crippen LogP contribution is -2.53. The largest absolute Gasteiger partial charge is 0.338 e. The highest BCUT2D eigenvalue weighted by atomic mass is 79.9. The molecule has 3 rings (SSSR count). The van der Waals surface area contributed by atoms with Crippen molar-refractivity contribution in [1.29, 1.82) is 0 Å². The van der Waals surface area contributed by atoms with Gasteiger partial charge in [-0.25, -0.2) is 13.2 Å². The fourth-order valence-corrected chi connectivity index (χ4v) is 5.96. The molecule has 0 atom stereocenters. The van der Waals surface area contributed by atoms with Gasteiger partial charge in [-0.3, -0.25) is 0 Å². The average Bonchev–Trinajstić information content (AvgIpc) is 3.15. The molecule has 0 radical (unpaired) electrons. The van der Waals surface area contributed by atoms with Crippen LogP contribution in [0.5, 0.6) is 0 Å². The van der Waals surface area contributed by atoms with Crippen LogP contribution in [0.15, 0.2) is 45.1 Å². The summed E-state index contributed by atoms with van der Waals surface area (Å²) in [6.45, 7) is 1.74. The Balaban J connectivity index is 1.54. The molecule has 0 unspecified atom stereocenters. The van der Waals surface area contributed by atoms with E-state index in [1.165, 1.54) is 15.2 Å². The number of urea groups is 1. The Morgan fingerprint density at radius 3 is 2.59 bits per heavy atom. The minimum absolute atomic E-state index is 0.0845. The fourth-order valence-electron chi connectivity index (χ4n) is 2.81. The van der Waals surface area contributed by atoms with E-state index in [-0.39, 0.29) is 29.0 Å². The van der Waals surface area contributed by atoms with Gasteiger partial charge in [0, 0.05) is 42.1 Å². The highest BCUT2D eigenvalue weighted by Gasteiger charge is 2.31. The molecule has 0 aliphatic carbocycles. The maximum atomic E-state index is 12.8. The summed E-state index contributed by atoms with van der Waals surface area (Å²) in [5, 5.41) is 5.08. The lowest BCUT2D eigenvalue weighted by atomic mass is 10.3. The van der Waals surface area contributed by atoms with Crippen molar-refractivity contribution in [1.82, 2.24) is 14.5 Å². The molecule has 2 heterocycles. The lowest BCUT2D eigenvalue weighted by Gasteiger charge is -2.34. The average molecular weight is 493 g/mol. The first kappa shape index (κ1) is 20.6. The van der Waals surface area contributed by atoms with Crippen LogP contribution in [0.3, 0.4) is 0 Å². The molecule has 1 saturated heterocycles. The van der Waals surface area contributed by atoms with Gasteiger partial charge in [0.2, 0.25) is 10.0 Å². The van der Waals surface area contributed by atoms with Crippen molar-refractivity contribution in [2.24, 2.45) is 0 Å². The summed E-state index contributed by atoms with van der Waals surface area (Å²) in [7, 11) is -3.68. The van der Waals surface area contributed by atoms with Crippen LogP contribution in [-0.4, -0.2) is 56.4 Å². The Bertz CT molecular complexity index is 898. The predicted octanol–water partition coefficient (Wildman–Crippen LogP) is 3.42. The molecular weight excluding hydrogens is 474 g/mol. The molecule has 1 aromatic carbocycles. The molecule has 1 N–H and O–H groups in total. The van der Waals surface area contributed by atoms with Gasteiger partial charge in [-0.2, -0.15) is 4.31 Å². The van der Waals surface area contributed by atoms with E-state index in [1.807, 2.05) is 17.5 Å². The van der Waals surface area contributed by atoms with E-state index in [0.29, 0.717) is 19.6 Å². The van der Waals surface area contributed by atoms with E-state index >= 15 is 0 Å². The molecule has 2 amide bonds. The second-order valence-corrected chi connectivity index (χ2v) is 10.3. The van der Waals surface area contributed by atoms with Crippen molar-refractivity contribution < 1.29 is 13.2 Å². The molecule has 0 spiro atoms. The molecule has 1 aromatic heterocycles. The van der Waals surface area contributed by atoms with Crippen molar-refractivity contribution in [3.05, 3.63) is 50.1 Å². The molecule has 0 saturated carbocycles. The third kappa shape index (κ3) is 5.03. The van der Waals surface area contributed by atoms with Gasteiger partial charge in [0.25, 0.3) is 0 Å². The van der Waals surface area contributed by atoms with E-state index in [1.54, 1.807) is 28.4 Å². The first-order valence-corrected chi connectivity index (χ1v) is 11.9. The fraction of sp³-hybridized carbons (Fsp3) is 0.353. The number of amides is 2. The van der Waals surface area contributed by atoms with E-state index in [2.05, 4.69) is 21.2 Å². The van der Waals surface area contributed by atoms with Gasteiger partial charge in [0.05, 0.1) is 5.02 Å². The van der Waals surface area contributed by atoms with Crippen molar-refractivity contribution in [3.63, 3.8) is 0 Å². The number of piperazine rings is 1. The normalized spacial score (nSPS) is 15.7. The SMILES string of the molecule is O=C(NCCc1cccs1)N1CCN(S(=O)(=O)c2ccc(Br)cc2Cl)CC1. The third-order valence-corrected chi connectivity index (χ3v) is 8.08. The molecule has 6 nitrogen and oxygen atoms in total. The molecule has 27 heavy (non-hydrogen) atoms. The highest BCUT2D eigenvalue weighted by Crippen LogP contribution is 2.28. The summed E-state index contributed by atoms with van der Waals surface area (Å²) in [5.41, 5.74) is 0. The topological polar surface area (TPSA) is 69.7 Å². The van der Waals surface area contributed by atoms with E-state index in [4.69, 9.17) is 11.6 Å². The maximum Gasteiger partial charge on any atom is 0.317 e. The number of nitrogens with zero attached hydrogens (tertiary/aromatic N) is 2.